The van der Waals surface area contributed by atoms with Crippen LogP contribution in [0.5, 0.6) is 0 Å². The molecule has 0 spiro atoms. The molecule has 31 heavy (non-hydrogen) atoms. The zero-order valence-corrected chi connectivity index (χ0v) is 19.8. The van der Waals surface area contributed by atoms with Gasteiger partial charge in [-0.2, -0.15) is 5.10 Å². The van der Waals surface area contributed by atoms with E-state index in [0.717, 1.165) is 25.1 Å². The molecule has 0 bridgehead atoms. The number of anilines is 1. The zero-order valence-electron chi connectivity index (χ0n) is 19.0. The first-order valence-electron chi connectivity index (χ1n) is 10.7. The molecule has 9 heteroatoms. The third-order valence-electron chi connectivity index (χ3n) is 6.64. The van der Waals surface area contributed by atoms with Crippen molar-refractivity contribution in [3.8, 4) is 0 Å². The first kappa shape index (κ1) is 22.3. The molecule has 4 rings (SSSR count). The van der Waals surface area contributed by atoms with Gasteiger partial charge in [-0.05, 0) is 66.8 Å². The van der Waals surface area contributed by atoms with Crippen molar-refractivity contribution in [3.05, 3.63) is 40.7 Å². The number of hydrogen-bond acceptors (Lipinski definition) is 5. The summed E-state index contributed by atoms with van der Waals surface area (Å²) in [5.74, 6) is -0.285. The second kappa shape index (κ2) is 7.92. The van der Waals surface area contributed by atoms with E-state index >= 15 is 0 Å². The van der Waals surface area contributed by atoms with Crippen LogP contribution in [-0.4, -0.2) is 53.0 Å². The van der Waals surface area contributed by atoms with E-state index in [1.165, 1.54) is 0 Å². The molecule has 2 aliphatic rings. The Labute approximate surface area is 189 Å². The standard InChI is InChI=1S/C22H30BClN4O3/c1-21(2)22(3,4)31-23(30-21)14-9-7-10-15(19(14)24)25-20(29)16-13-18-17(27(5)6)11-8-12-28(18)26-16/h7,9-10,13,17H,8,11-12H2,1-6H3,(H,25,29)/t17-/m0/s1. The van der Waals surface area contributed by atoms with Crippen LogP contribution in [0.1, 0.15) is 62.8 Å². The summed E-state index contributed by atoms with van der Waals surface area (Å²) in [6.45, 7) is 8.80. The van der Waals surface area contributed by atoms with E-state index in [-0.39, 0.29) is 11.9 Å². The van der Waals surface area contributed by atoms with Crippen molar-refractivity contribution >= 4 is 35.8 Å². The summed E-state index contributed by atoms with van der Waals surface area (Å²) in [7, 11) is 3.50. The summed E-state index contributed by atoms with van der Waals surface area (Å²) in [5, 5.41) is 7.85. The number of amides is 1. The van der Waals surface area contributed by atoms with E-state index in [2.05, 4.69) is 15.3 Å². The summed E-state index contributed by atoms with van der Waals surface area (Å²) < 4.78 is 14.2. The molecule has 166 valence electrons. The van der Waals surface area contributed by atoms with Gasteiger partial charge in [0.2, 0.25) is 0 Å². The highest BCUT2D eigenvalue weighted by Gasteiger charge is 2.52. The highest BCUT2D eigenvalue weighted by molar-refractivity contribution is 6.66. The maximum atomic E-state index is 13.0. The number of nitrogens with one attached hydrogen (secondary N) is 1. The number of aryl methyl sites for hydroxylation is 1. The lowest BCUT2D eigenvalue weighted by atomic mass is 9.79. The summed E-state index contributed by atoms with van der Waals surface area (Å²) >= 11 is 6.67. The highest BCUT2D eigenvalue weighted by atomic mass is 35.5. The van der Waals surface area contributed by atoms with E-state index in [1.54, 1.807) is 6.07 Å². The minimum Gasteiger partial charge on any atom is -0.399 e. The first-order chi connectivity index (χ1) is 14.5. The SMILES string of the molecule is CN(C)[C@H]1CCCn2nc(C(=O)Nc3cccc(B4OC(C)(C)C(C)(C)O4)c3Cl)cc21. The monoisotopic (exact) mass is 444 g/mol. The molecular formula is C22H30BClN4O3. The molecule has 1 aromatic heterocycles. The average molecular weight is 445 g/mol. The van der Waals surface area contributed by atoms with Crippen molar-refractivity contribution in [2.75, 3.05) is 19.4 Å². The molecule has 1 saturated heterocycles. The molecule has 1 fully saturated rings. The smallest absolute Gasteiger partial charge is 0.399 e. The van der Waals surface area contributed by atoms with E-state index in [4.69, 9.17) is 20.9 Å². The molecule has 7 nitrogen and oxygen atoms in total. The van der Waals surface area contributed by atoms with Crippen molar-refractivity contribution in [1.82, 2.24) is 14.7 Å². The van der Waals surface area contributed by atoms with Gasteiger partial charge < -0.3 is 19.5 Å². The Balaban J connectivity index is 1.56. The van der Waals surface area contributed by atoms with Crippen LogP contribution in [0.3, 0.4) is 0 Å². The third kappa shape index (κ3) is 4.02. The van der Waals surface area contributed by atoms with Crippen LogP contribution in [0, 0.1) is 0 Å². The molecule has 2 aliphatic heterocycles. The van der Waals surface area contributed by atoms with Gasteiger partial charge in [-0.3, -0.25) is 9.48 Å². The lowest BCUT2D eigenvalue weighted by Crippen LogP contribution is -2.41. The van der Waals surface area contributed by atoms with E-state index in [0.29, 0.717) is 21.9 Å². The van der Waals surface area contributed by atoms with Crippen LogP contribution in [-0.2, 0) is 15.9 Å². The van der Waals surface area contributed by atoms with Crippen LogP contribution in [0.25, 0.3) is 0 Å². The molecule has 3 heterocycles. The van der Waals surface area contributed by atoms with Crippen LogP contribution in [0.2, 0.25) is 5.02 Å². The van der Waals surface area contributed by atoms with Gasteiger partial charge in [0.1, 0.15) is 0 Å². The second-order valence-corrected chi connectivity index (χ2v) is 9.93. The van der Waals surface area contributed by atoms with Gasteiger partial charge in [-0.15, -0.1) is 0 Å². The van der Waals surface area contributed by atoms with Gasteiger partial charge in [-0.25, -0.2) is 0 Å². The minimum absolute atomic E-state index is 0.262. The first-order valence-corrected chi connectivity index (χ1v) is 11.1. The maximum Gasteiger partial charge on any atom is 0.496 e. The number of carbonyl (C=O) groups excluding carboxylic acids is 1. The number of benzene rings is 1. The molecule has 0 radical (unpaired) electrons. The lowest BCUT2D eigenvalue weighted by Gasteiger charge is -2.32. The summed E-state index contributed by atoms with van der Waals surface area (Å²) in [5.41, 5.74) is 1.71. The van der Waals surface area contributed by atoms with E-state index < -0.39 is 18.3 Å². The van der Waals surface area contributed by atoms with Crippen molar-refractivity contribution in [2.45, 2.75) is 64.3 Å². The minimum atomic E-state index is -0.602. The lowest BCUT2D eigenvalue weighted by molar-refractivity contribution is 0.00578. The zero-order chi connectivity index (χ0) is 22.6. The fourth-order valence-electron chi connectivity index (χ4n) is 4.08. The Morgan fingerprint density at radius 1 is 1.26 bits per heavy atom. The summed E-state index contributed by atoms with van der Waals surface area (Å²) in [4.78, 5) is 15.1. The fraction of sp³-hybridized carbons (Fsp3) is 0.545. The van der Waals surface area contributed by atoms with Gasteiger partial charge in [0, 0.05) is 12.0 Å². The number of rotatable bonds is 4. The quantitative estimate of drug-likeness (QED) is 0.731. The predicted molar refractivity (Wildman–Crippen MR) is 123 cm³/mol. The molecule has 2 aromatic rings. The Morgan fingerprint density at radius 2 is 1.94 bits per heavy atom. The number of fused-ring (bicyclic) bond motifs is 1. The number of aromatic nitrogens is 2. The molecule has 1 amide bonds. The van der Waals surface area contributed by atoms with Crippen LogP contribution in [0.15, 0.2) is 24.3 Å². The number of hydrogen-bond donors (Lipinski definition) is 1. The maximum absolute atomic E-state index is 13.0. The van der Waals surface area contributed by atoms with Crippen molar-refractivity contribution in [1.29, 1.82) is 0 Å². The highest BCUT2D eigenvalue weighted by Crippen LogP contribution is 2.37. The molecule has 0 saturated carbocycles. The Morgan fingerprint density at radius 3 is 2.58 bits per heavy atom. The van der Waals surface area contributed by atoms with Gasteiger partial charge in [-0.1, -0.05) is 23.7 Å². The van der Waals surface area contributed by atoms with Gasteiger partial charge >= 0.3 is 7.12 Å². The molecule has 1 atom stereocenters. The van der Waals surface area contributed by atoms with Crippen molar-refractivity contribution in [3.63, 3.8) is 0 Å². The second-order valence-electron chi connectivity index (χ2n) is 9.55. The molecule has 1 N–H and O–H groups in total. The largest absolute Gasteiger partial charge is 0.496 e. The van der Waals surface area contributed by atoms with Gasteiger partial charge in [0.25, 0.3) is 5.91 Å². The molecule has 1 aromatic carbocycles. The Hall–Kier alpha value is -1.87. The van der Waals surface area contributed by atoms with Crippen LogP contribution in [0.4, 0.5) is 5.69 Å². The number of carbonyl (C=O) groups is 1. The van der Waals surface area contributed by atoms with Crippen molar-refractivity contribution in [2.24, 2.45) is 0 Å². The number of halogens is 1. The fourth-order valence-corrected chi connectivity index (χ4v) is 4.34. The Kier molecular flexibility index (Phi) is 5.71. The molecular weight excluding hydrogens is 415 g/mol. The predicted octanol–water partition coefficient (Wildman–Crippen LogP) is 3.48. The third-order valence-corrected chi connectivity index (χ3v) is 7.06. The van der Waals surface area contributed by atoms with Crippen LogP contribution >= 0.6 is 11.6 Å². The van der Waals surface area contributed by atoms with Gasteiger partial charge in [0.05, 0.1) is 33.6 Å². The molecule has 0 aliphatic carbocycles. The van der Waals surface area contributed by atoms with E-state index in [1.807, 2.05) is 64.7 Å². The van der Waals surface area contributed by atoms with Crippen LogP contribution < -0.4 is 10.8 Å². The van der Waals surface area contributed by atoms with Gasteiger partial charge in [0.15, 0.2) is 5.69 Å². The number of nitrogens with zero attached hydrogens (tertiary/aromatic N) is 3. The van der Waals surface area contributed by atoms with Crippen molar-refractivity contribution < 1.29 is 14.1 Å². The average Bonchev–Trinajstić information content (AvgIpc) is 3.21. The Bertz CT molecular complexity index is 989. The summed E-state index contributed by atoms with van der Waals surface area (Å²) in [6.07, 6.45) is 2.10. The summed E-state index contributed by atoms with van der Waals surface area (Å²) in [6, 6.07) is 7.61. The normalized spacial score (nSPS) is 21.9. The topological polar surface area (TPSA) is 68.6 Å². The molecule has 0 unspecified atom stereocenters. The van der Waals surface area contributed by atoms with E-state index in [9.17, 15) is 4.79 Å².